The van der Waals surface area contributed by atoms with Crippen LogP contribution in [-0.2, 0) is 0 Å². The smallest absolute Gasteiger partial charge is 0.123 e. The average molecular weight is 478 g/mol. The molecule has 5 rings (SSSR count). The van der Waals surface area contributed by atoms with Gasteiger partial charge in [-0.3, -0.25) is 4.90 Å². The molecule has 0 spiro atoms. The topological polar surface area (TPSA) is 62.2 Å². The van der Waals surface area contributed by atoms with Crippen molar-refractivity contribution in [3.8, 4) is 23.0 Å². The highest BCUT2D eigenvalue weighted by atomic mass is 16.5. The predicted molar refractivity (Wildman–Crippen MR) is 142 cm³/mol. The van der Waals surface area contributed by atoms with Gasteiger partial charge >= 0.3 is 0 Å². The molecule has 1 fully saturated rings. The number of nitrogens with zero attached hydrogens (tertiary/aromatic N) is 1. The van der Waals surface area contributed by atoms with Crippen LogP contribution in [0, 0.1) is 12.8 Å². The number of hydrogen-bond donors (Lipinski definition) is 2. The molecule has 0 aromatic heterocycles. The van der Waals surface area contributed by atoms with Crippen molar-refractivity contribution in [1.82, 2.24) is 4.90 Å². The summed E-state index contributed by atoms with van der Waals surface area (Å²) in [5.74, 6) is 3.92. The third-order valence-electron chi connectivity index (χ3n) is 6.29. The number of benzene rings is 3. The van der Waals surface area contributed by atoms with Gasteiger partial charge in [-0.2, -0.15) is 0 Å². The minimum absolute atomic E-state index is 0.322. The van der Waals surface area contributed by atoms with Gasteiger partial charge < -0.3 is 19.7 Å². The second-order valence-electron chi connectivity index (χ2n) is 9.45. The second-order valence-corrected chi connectivity index (χ2v) is 9.45. The van der Waals surface area contributed by atoms with Crippen LogP contribution >= 0.6 is 0 Å². The molecule has 0 bridgehead atoms. The van der Waals surface area contributed by atoms with Crippen LogP contribution in [0.25, 0.3) is 0 Å². The highest BCUT2D eigenvalue weighted by Gasteiger charge is 2.18. The molecule has 188 valence electrons. The quantitative estimate of drug-likeness (QED) is 0.456. The first-order valence-corrected chi connectivity index (χ1v) is 12.5. The molecule has 1 saturated heterocycles. The minimum Gasteiger partial charge on any atom is -0.508 e. The largest absolute Gasteiger partial charge is 0.508 e. The lowest BCUT2D eigenvalue weighted by Gasteiger charge is -2.22. The minimum atomic E-state index is 0.322. The Bertz CT molecular complexity index is 1010. The molecule has 5 heteroatoms. The zero-order chi connectivity index (χ0) is 25.0. The van der Waals surface area contributed by atoms with Crippen LogP contribution in [0.1, 0.15) is 43.7 Å². The van der Waals surface area contributed by atoms with Gasteiger partial charge in [0.15, 0.2) is 0 Å². The van der Waals surface area contributed by atoms with Gasteiger partial charge in [0.25, 0.3) is 0 Å². The molecule has 2 N–H and O–H groups in total. The summed E-state index contributed by atoms with van der Waals surface area (Å²) in [6.07, 6.45) is 2.38. The fourth-order valence-electron chi connectivity index (χ4n) is 4.14. The molecule has 5 nitrogen and oxygen atoms in total. The highest BCUT2D eigenvalue weighted by molar-refractivity contribution is 5.42. The molecule has 3 aromatic rings. The molecule has 0 unspecified atom stereocenters. The number of fused-ring (bicyclic) bond motifs is 1. The van der Waals surface area contributed by atoms with E-state index >= 15 is 0 Å². The SMILES string of the molecule is C[C@H]1CCOc2ccc(O)cc21.Cc1ccc(OCCN2CC[C@H](C)C2)cc1.Oc1ccccc1. The Labute approximate surface area is 210 Å². The lowest BCUT2D eigenvalue weighted by atomic mass is 9.95. The zero-order valence-corrected chi connectivity index (χ0v) is 21.2. The summed E-state index contributed by atoms with van der Waals surface area (Å²) in [5, 5.41) is 17.9. The van der Waals surface area contributed by atoms with E-state index in [0.29, 0.717) is 17.4 Å². The van der Waals surface area contributed by atoms with E-state index in [1.807, 2.05) is 24.3 Å². The van der Waals surface area contributed by atoms with E-state index < -0.39 is 0 Å². The molecular weight excluding hydrogens is 438 g/mol. The van der Waals surface area contributed by atoms with E-state index in [-0.39, 0.29) is 0 Å². The van der Waals surface area contributed by atoms with E-state index in [1.54, 1.807) is 36.4 Å². The van der Waals surface area contributed by atoms with Gasteiger partial charge in [-0.05, 0) is 80.6 Å². The number of aryl methyl sites for hydroxylation is 1. The van der Waals surface area contributed by atoms with Crippen molar-refractivity contribution in [2.45, 2.75) is 39.5 Å². The molecule has 2 aliphatic heterocycles. The third kappa shape index (κ3) is 9.18. The van der Waals surface area contributed by atoms with E-state index in [0.717, 1.165) is 49.2 Å². The van der Waals surface area contributed by atoms with E-state index in [2.05, 4.69) is 37.8 Å². The van der Waals surface area contributed by atoms with E-state index in [4.69, 9.17) is 14.6 Å². The Morgan fingerprint density at radius 1 is 0.914 bits per heavy atom. The monoisotopic (exact) mass is 477 g/mol. The van der Waals surface area contributed by atoms with Gasteiger partial charge in [0.2, 0.25) is 0 Å². The van der Waals surface area contributed by atoms with E-state index in [9.17, 15) is 5.11 Å². The van der Waals surface area contributed by atoms with Crippen LogP contribution < -0.4 is 9.47 Å². The lowest BCUT2D eigenvalue weighted by Crippen LogP contribution is -2.25. The first kappa shape index (κ1) is 26.4. The maximum atomic E-state index is 9.25. The summed E-state index contributed by atoms with van der Waals surface area (Å²) >= 11 is 0. The molecule has 35 heavy (non-hydrogen) atoms. The van der Waals surface area contributed by atoms with Gasteiger partial charge in [-0.25, -0.2) is 0 Å². The number of rotatable bonds is 4. The molecule has 0 amide bonds. The Hall–Kier alpha value is -3.18. The van der Waals surface area contributed by atoms with Crippen LogP contribution in [-0.4, -0.2) is 48.0 Å². The van der Waals surface area contributed by atoms with Crippen molar-refractivity contribution in [2.24, 2.45) is 5.92 Å². The fraction of sp³-hybridized carbons (Fsp3) is 0.400. The predicted octanol–water partition coefficient (Wildman–Crippen LogP) is 6.39. The zero-order valence-electron chi connectivity index (χ0n) is 21.2. The number of phenolic OH excluding ortho intramolecular Hbond substituents is 2. The van der Waals surface area contributed by atoms with Gasteiger partial charge in [0.1, 0.15) is 29.6 Å². The number of ether oxygens (including phenoxy) is 2. The summed E-state index contributed by atoms with van der Waals surface area (Å²) in [6, 6.07) is 22.3. The van der Waals surface area contributed by atoms with Crippen LogP contribution in [0.3, 0.4) is 0 Å². The van der Waals surface area contributed by atoms with Crippen LogP contribution in [0.15, 0.2) is 72.8 Å². The van der Waals surface area contributed by atoms with Crippen molar-refractivity contribution in [2.75, 3.05) is 32.8 Å². The first-order chi connectivity index (χ1) is 16.9. The summed E-state index contributed by atoms with van der Waals surface area (Å²) in [4.78, 5) is 2.48. The van der Waals surface area contributed by atoms with Gasteiger partial charge in [0.05, 0.1) is 6.61 Å². The number of para-hydroxylation sites is 1. The molecule has 2 aliphatic rings. The van der Waals surface area contributed by atoms with Crippen LogP contribution in [0.2, 0.25) is 0 Å². The first-order valence-electron chi connectivity index (χ1n) is 12.5. The molecule has 3 aromatic carbocycles. The Balaban J connectivity index is 0.000000158. The van der Waals surface area contributed by atoms with Gasteiger partial charge in [-0.1, -0.05) is 49.7 Å². The summed E-state index contributed by atoms with van der Waals surface area (Å²) in [6.45, 7) is 11.7. The number of aromatic hydroxyl groups is 2. The highest BCUT2D eigenvalue weighted by Crippen LogP contribution is 2.35. The molecule has 0 saturated carbocycles. The fourth-order valence-corrected chi connectivity index (χ4v) is 4.14. The molecule has 0 aliphatic carbocycles. The lowest BCUT2D eigenvalue weighted by molar-refractivity contribution is 0.234. The van der Waals surface area contributed by atoms with Crippen molar-refractivity contribution in [3.63, 3.8) is 0 Å². The van der Waals surface area contributed by atoms with Gasteiger partial charge in [-0.15, -0.1) is 0 Å². The Morgan fingerprint density at radius 2 is 1.66 bits per heavy atom. The Morgan fingerprint density at radius 3 is 2.29 bits per heavy atom. The molecule has 0 radical (unpaired) electrons. The van der Waals surface area contributed by atoms with Crippen molar-refractivity contribution >= 4 is 0 Å². The molecule has 2 atom stereocenters. The normalized spacial score (nSPS) is 18.7. The number of hydrogen-bond acceptors (Lipinski definition) is 5. The number of likely N-dealkylation sites (tertiary alicyclic amines) is 1. The van der Waals surface area contributed by atoms with Gasteiger partial charge in [0, 0.05) is 18.7 Å². The maximum Gasteiger partial charge on any atom is 0.123 e. The standard InChI is InChI=1S/C14H21NO.C10H12O2.C6H6O/c1-12-3-5-14(6-4-12)16-10-9-15-8-7-13(2)11-15;1-7-4-5-12-10-3-2-8(11)6-9(7)10;7-6-4-2-1-3-5-6/h3-6,13H,7-11H2,1-2H3;2-3,6-7,11H,4-5H2,1H3;1-5,7H/t13-;7-;/m00./s1. The average Bonchev–Trinajstić information content (AvgIpc) is 3.27. The van der Waals surface area contributed by atoms with Crippen molar-refractivity contribution in [3.05, 3.63) is 83.9 Å². The van der Waals surface area contributed by atoms with Crippen LogP contribution in [0.4, 0.5) is 0 Å². The number of phenols is 2. The Kier molecular flexibility index (Phi) is 10.3. The van der Waals surface area contributed by atoms with E-state index in [1.165, 1.54) is 25.1 Å². The second kappa shape index (κ2) is 13.6. The molecule has 2 heterocycles. The summed E-state index contributed by atoms with van der Waals surface area (Å²) < 4.78 is 11.2. The third-order valence-corrected chi connectivity index (χ3v) is 6.29. The van der Waals surface area contributed by atoms with Crippen molar-refractivity contribution in [1.29, 1.82) is 0 Å². The summed E-state index contributed by atoms with van der Waals surface area (Å²) in [5.41, 5.74) is 2.40. The van der Waals surface area contributed by atoms with Crippen LogP contribution in [0.5, 0.6) is 23.0 Å². The summed E-state index contributed by atoms with van der Waals surface area (Å²) in [7, 11) is 0. The van der Waals surface area contributed by atoms with Crippen molar-refractivity contribution < 1.29 is 19.7 Å². The maximum absolute atomic E-state index is 9.25. The molecular formula is C30H39NO4.